The molecule has 0 spiro atoms. The van der Waals surface area contributed by atoms with Crippen LogP contribution >= 0.6 is 0 Å². The second kappa shape index (κ2) is 5.52. The van der Waals surface area contributed by atoms with Crippen LogP contribution in [0.1, 0.15) is 16.1 Å². The number of hydrogen-bond acceptors (Lipinski definition) is 4. The van der Waals surface area contributed by atoms with E-state index in [1.54, 1.807) is 0 Å². The summed E-state index contributed by atoms with van der Waals surface area (Å²) < 4.78 is 26.2. The Balaban J connectivity index is 2.18. The molecule has 1 aromatic carbocycles. The van der Waals surface area contributed by atoms with E-state index in [9.17, 15) is 13.6 Å². The Morgan fingerprint density at radius 2 is 2.00 bits per heavy atom. The van der Waals surface area contributed by atoms with E-state index in [1.807, 2.05) is 0 Å². The summed E-state index contributed by atoms with van der Waals surface area (Å²) in [6.07, 6.45) is 0. The summed E-state index contributed by atoms with van der Waals surface area (Å²) in [5, 5.41) is 2.78. The molecule has 7 heteroatoms. The number of hydrogen-bond donors (Lipinski definition) is 3. The van der Waals surface area contributed by atoms with Crippen molar-refractivity contribution in [3.8, 4) is 0 Å². The summed E-state index contributed by atoms with van der Waals surface area (Å²) >= 11 is 0. The minimum absolute atomic E-state index is 0.0429. The van der Waals surface area contributed by atoms with Gasteiger partial charge >= 0.3 is 0 Å². The number of nitrogens with zero attached hydrogens (tertiary/aromatic N) is 1. The van der Waals surface area contributed by atoms with Gasteiger partial charge in [-0.3, -0.25) is 4.79 Å². The fraction of sp³-hybridized carbons (Fsp3) is 0.0769. The normalized spacial score (nSPS) is 10.3. The first kappa shape index (κ1) is 13.7. The number of rotatable bonds is 4. The first-order chi connectivity index (χ1) is 9.47. The van der Waals surface area contributed by atoms with Gasteiger partial charge in [0.15, 0.2) is 0 Å². The number of nitrogens with one attached hydrogen (secondary N) is 1. The Morgan fingerprint density at radius 1 is 1.25 bits per heavy atom. The Hall–Kier alpha value is -2.70. The molecular weight excluding hydrogens is 266 g/mol. The summed E-state index contributed by atoms with van der Waals surface area (Å²) in [4.78, 5) is 14.9. The summed E-state index contributed by atoms with van der Waals surface area (Å²) in [6.45, 7) is 0.0472. The zero-order chi connectivity index (χ0) is 14.7. The van der Waals surface area contributed by atoms with Crippen LogP contribution in [0.15, 0.2) is 30.3 Å². The largest absolute Gasteiger partial charge is 0.396 e. The van der Waals surface area contributed by atoms with Crippen LogP contribution < -0.4 is 16.8 Å². The van der Waals surface area contributed by atoms with Crippen molar-refractivity contribution in [1.82, 2.24) is 4.98 Å². The minimum Gasteiger partial charge on any atom is -0.396 e. The molecule has 5 nitrogen and oxygen atoms in total. The van der Waals surface area contributed by atoms with E-state index in [2.05, 4.69) is 10.3 Å². The standard InChI is InChI=1S/C13H12F2N4O/c14-8-2-1-7(9(15)5-8)6-18-13-10(16)3-4-11(19-13)12(17)20/h1-5H,6,16H2,(H2,17,20)(H,18,19). The zero-order valence-corrected chi connectivity index (χ0v) is 10.4. The van der Waals surface area contributed by atoms with Crippen LogP contribution in [-0.4, -0.2) is 10.9 Å². The van der Waals surface area contributed by atoms with Crippen LogP contribution in [0.2, 0.25) is 0 Å². The van der Waals surface area contributed by atoms with E-state index in [-0.39, 0.29) is 29.3 Å². The number of carbonyl (C=O) groups excluding carboxylic acids is 1. The molecule has 0 unspecified atom stereocenters. The summed E-state index contributed by atoms with van der Waals surface area (Å²) in [5.41, 5.74) is 11.4. The number of carbonyl (C=O) groups is 1. The van der Waals surface area contributed by atoms with Gasteiger partial charge in [-0.2, -0.15) is 0 Å². The van der Waals surface area contributed by atoms with Crippen molar-refractivity contribution in [2.45, 2.75) is 6.54 Å². The molecule has 0 saturated carbocycles. The molecule has 0 aliphatic carbocycles. The molecule has 0 aliphatic rings. The van der Waals surface area contributed by atoms with Crippen molar-refractivity contribution >= 4 is 17.4 Å². The molecule has 0 saturated heterocycles. The average molecular weight is 278 g/mol. The number of nitrogen functional groups attached to an aromatic ring is 1. The molecular formula is C13H12F2N4O. The molecule has 20 heavy (non-hydrogen) atoms. The summed E-state index contributed by atoms with van der Waals surface area (Å²) in [5.74, 6) is -1.81. The zero-order valence-electron chi connectivity index (χ0n) is 10.4. The number of halogens is 2. The van der Waals surface area contributed by atoms with E-state index in [4.69, 9.17) is 11.5 Å². The number of benzene rings is 1. The Bertz CT molecular complexity index is 661. The van der Waals surface area contributed by atoms with Gasteiger partial charge in [0, 0.05) is 18.2 Å². The third-order valence-corrected chi connectivity index (χ3v) is 2.64. The van der Waals surface area contributed by atoms with E-state index < -0.39 is 17.5 Å². The monoisotopic (exact) mass is 278 g/mol. The highest BCUT2D eigenvalue weighted by molar-refractivity contribution is 5.91. The van der Waals surface area contributed by atoms with E-state index >= 15 is 0 Å². The quantitative estimate of drug-likeness (QED) is 0.792. The summed E-state index contributed by atoms with van der Waals surface area (Å²) in [6, 6.07) is 6.11. The van der Waals surface area contributed by atoms with E-state index in [1.165, 1.54) is 18.2 Å². The minimum atomic E-state index is -0.694. The second-order valence-corrected chi connectivity index (χ2v) is 4.09. The molecule has 0 bridgehead atoms. The number of amides is 1. The van der Waals surface area contributed by atoms with E-state index in [0.717, 1.165) is 12.1 Å². The molecule has 1 amide bonds. The maximum absolute atomic E-state index is 13.5. The molecule has 1 aromatic heterocycles. The van der Waals surface area contributed by atoms with Crippen LogP contribution in [0.25, 0.3) is 0 Å². The lowest BCUT2D eigenvalue weighted by Gasteiger charge is -2.10. The van der Waals surface area contributed by atoms with Gasteiger partial charge in [-0.1, -0.05) is 6.07 Å². The molecule has 0 radical (unpaired) electrons. The molecule has 5 N–H and O–H groups in total. The van der Waals surface area contributed by atoms with Gasteiger partial charge in [-0.25, -0.2) is 13.8 Å². The molecule has 0 fully saturated rings. The highest BCUT2D eigenvalue weighted by atomic mass is 19.1. The van der Waals surface area contributed by atoms with Gasteiger partial charge in [0.25, 0.3) is 5.91 Å². The molecule has 2 aromatic rings. The second-order valence-electron chi connectivity index (χ2n) is 4.09. The van der Waals surface area contributed by atoms with Crippen LogP contribution in [0, 0.1) is 11.6 Å². The smallest absolute Gasteiger partial charge is 0.267 e. The average Bonchev–Trinajstić information content (AvgIpc) is 2.39. The maximum Gasteiger partial charge on any atom is 0.267 e. The van der Waals surface area contributed by atoms with Crippen LogP contribution in [0.3, 0.4) is 0 Å². The van der Waals surface area contributed by atoms with Gasteiger partial charge in [-0.05, 0) is 18.2 Å². The lowest BCUT2D eigenvalue weighted by molar-refractivity contribution is 0.0995. The van der Waals surface area contributed by atoms with Crippen molar-refractivity contribution < 1.29 is 13.6 Å². The lowest BCUT2D eigenvalue weighted by atomic mass is 10.2. The van der Waals surface area contributed by atoms with Crippen LogP contribution in [0.5, 0.6) is 0 Å². The summed E-state index contributed by atoms with van der Waals surface area (Å²) in [7, 11) is 0. The molecule has 2 rings (SSSR count). The van der Waals surface area contributed by atoms with E-state index in [0.29, 0.717) is 0 Å². The van der Waals surface area contributed by atoms with Crippen molar-refractivity contribution in [2.75, 3.05) is 11.1 Å². The van der Waals surface area contributed by atoms with Gasteiger partial charge in [-0.15, -0.1) is 0 Å². The third-order valence-electron chi connectivity index (χ3n) is 2.64. The number of aromatic nitrogens is 1. The molecule has 0 atom stereocenters. The van der Waals surface area contributed by atoms with Gasteiger partial charge in [0.2, 0.25) is 0 Å². The van der Waals surface area contributed by atoms with Gasteiger partial charge < -0.3 is 16.8 Å². The van der Waals surface area contributed by atoms with Crippen molar-refractivity contribution in [1.29, 1.82) is 0 Å². The Labute approximate surface area is 113 Å². The topological polar surface area (TPSA) is 94.0 Å². The van der Waals surface area contributed by atoms with Crippen molar-refractivity contribution in [3.05, 3.63) is 53.2 Å². The Kier molecular flexibility index (Phi) is 3.79. The SMILES string of the molecule is NC(=O)c1ccc(N)c(NCc2ccc(F)cc2F)n1. The molecule has 0 aliphatic heterocycles. The fourth-order valence-corrected chi connectivity index (χ4v) is 1.59. The predicted octanol–water partition coefficient (Wildman–Crippen LogP) is 1.65. The maximum atomic E-state index is 13.5. The number of anilines is 2. The van der Waals surface area contributed by atoms with Gasteiger partial charge in [0.1, 0.15) is 23.1 Å². The van der Waals surface area contributed by atoms with Crippen LogP contribution in [-0.2, 0) is 6.54 Å². The predicted molar refractivity (Wildman–Crippen MR) is 70.9 cm³/mol. The highest BCUT2D eigenvalue weighted by Gasteiger charge is 2.08. The number of primary amides is 1. The van der Waals surface area contributed by atoms with Crippen molar-refractivity contribution in [3.63, 3.8) is 0 Å². The fourth-order valence-electron chi connectivity index (χ4n) is 1.59. The van der Waals surface area contributed by atoms with Crippen LogP contribution in [0.4, 0.5) is 20.3 Å². The van der Waals surface area contributed by atoms with Gasteiger partial charge in [0.05, 0.1) is 5.69 Å². The van der Waals surface area contributed by atoms with Crippen molar-refractivity contribution in [2.24, 2.45) is 5.73 Å². The lowest BCUT2D eigenvalue weighted by Crippen LogP contribution is -2.15. The first-order valence-electron chi connectivity index (χ1n) is 5.71. The molecule has 104 valence electrons. The molecule has 1 heterocycles. The number of nitrogens with two attached hydrogens (primary N) is 2. The number of pyridine rings is 1. The first-order valence-corrected chi connectivity index (χ1v) is 5.71. The third kappa shape index (κ3) is 3.00. The highest BCUT2D eigenvalue weighted by Crippen LogP contribution is 2.18. The Morgan fingerprint density at radius 3 is 2.65 bits per heavy atom.